The van der Waals surface area contributed by atoms with Crippen molar-refractivity contribution in [2.45, 2.75) is 51.4 Å². The summed E-state index contributed by atoms with van der Waals surface area (Å²) in [6.45, 7) is 7.16. The van der Waals surface area contributed by atoms with Crippen LogP contribution in [0.2, 0.25) is 0 Å². The predicted octanol–water partition coefficient (Wildman–Crippen LogP) is 3.36. The zero-order valence-corrected chi connectivity index (χ0v) is 16.1. The summed E-state index contributed by atoms with van der Waals surface area (Å²) in [6.07, 6.45) is 6.21. The van der Waals surface area contributed by atoms with E-state index >= 15 is 0 Å². The Bertz CT molecular complexity index is 710. The summed E-state index contributed by atoms with van der Waals surface area (Å²) in [7, 11) is 0. The molecule has 6 heteroatoms. The van der Waals surface area contributed by atoms with Crippen LogP contribution < -0.4 is 0 Å². The maximum atomic E-state index is 6.28. The van der Waals surface area contributed by atoms with Crippen molar-refractivity contribution in [2.24, 2.45) is 5.92 Å². The van der Waals surface area contributed by atoms with Gasteiger partial charge in [-0.25, -0.2) is 0 Å². The van der Waals surface area contributed by atoms with Crippen LogP contribution in [0.25, 0.3) is 0 Å². The Morgan fingerprint density at radius 3 is 2.89 bits per heavy atom. The molecule has 0 radical (unpaired) electrons. The molecular weight excluding hydrogens is 342 g/mol. The normalized spacial score (nSPS) is 22.5. The van der Waals surface area contributed by atoms with Crippen LogP contribution in [-0.4, -0.2) is 46.9 Å². The summed E-state index contributed by atoms with van der Waals surface area (Å²) in [5, 5.41) is 4.12. The maximum absolute atomic E-state index is 6.28. The second kappa shape index (κ2) is 8.50. The number of hydrogen-bond acceptors (Lipinski definition) is 6. The van der Waals surface area contributed by atoms with Gasteiger partial charge in [-0.1, -0.05) is 11.2 Å². The lowest BCUT2D eigenvalue weighted by molar-refractivity contribution is -0.0736. The summed E-state index contributed by atoms with van der Waals surface area (Å²) in [5.74, 6) is 1.47. The smallest absolute Gasteiger partial charge is 0.133 e. The van der Waals surface area contributed by atoms with Gasteiger partial charge in [-0.05, 0) is 50.7 Å². The fourth-order valence-electron chi connectivity index (χ4n) is 4.44. The van der Waals surface area contributed by atoms with E-state index in [9.17, 15) is 0 Å². The molecule has 2 aliphatic rings. The fourth-order valence-corrected chi connectivity index (χ4v) is 4.44. The maximum Gasteiger partial charge on any atom is 0.133 e. The second-order valence-electron chi connectivity index (χ2n) is 7.77. The van der Waals surface area contributed by atoms with E-state index in [0.29, 0.717) is 12.5 Å². The van der Waals surface area contributed by atoms with Crippen LogP contribution in [0.3, 0.4) is 0 Å². The molecule has 1 atom stereocenters. The largest absolute Gasteiger partial charge is 0.375 e. The van der Waals surface area contributed by atoms with Crippen molar-refractivity contribution in [3.63, 3.8) is 0 Å². The topological polar surface area (TPSA) is 60.6 Å². The zero-order valence-electron chi connectivity index (χ0n) is 16.1. The lowest BCUT2D eigenvalue weighted by Crippen LogP contribution is -2.47. The number of hydrogen-bond donors (Lipinski definition) is 0. The SMILES string of the molecule is Cc1cc(CN2CCC3(CC2)OCC[C@@H]3CCOCc2ccccn2)no1. The molecule has 146 valence electrons. The van der Waals surface area contributed by atoms with Gasteiger partial charge in [-0.2, -0.15) is 0 Å². The molecule has 27 heavy (non-hydrogen) atoms. The molecule has 0 bridgehead atoms. The quantitative estimate of drug-likeness (QED) is 0.696. The molecule has 0 aromatic carbocycles. The third-order valence-electron chi connectivity index (χ3n) is 5.95. The second-order valence-corrected chi connectivity index (χ2v) is 7.77. The lowest BCUT2D eigenvalue weighted by atomic mass is 9.78. The Morgan fingerprint density at radius 2 is 2.15 bits per heavy atom. The van der Waals surface area contributed by atoms with Crippen LogP contribution in [0.1, 0.15) is 42.8 Å². The number of likely N-dealkylation sites (tertiary alicyclic amines) is 1. The Balaban J connectivity index is 1.23. The van der Waals surface area contributed by atoms with E-state index in [1.165, 1.54) is 0 Å². The van der Waals surface area contributed by atoms with E-state index in [0.717, 1.165) is 75.7 Å². The number of ether oxygens (including phenoxy) is 2. The first-order valence-electron chi connectivity index (χ1n) is 10.00. The van der Waals surface area contributed by atoms with E-state index < -0.39 is 0 Å². The first kappa shape index (κ1) is 18.6. The highest BCUT2D eigenvalue weighted by molar-refractivity contribution is 5.05. The van der Waals surface area contributed by atoms with Gasteiger partial charge in [0.1, 0.15) is 5.76 Å². The molecule has 0 aliphatic carbocycles. The third kappa shape index (κ3) is 4.57. The first-order valence-corrected chi connectivity index (χ1v) is 10.00. The number of rotatable bonds is 7. The van der Waals surface area contributed by atoms with E-state index in [2.05, 4.69) is 15.0 Å². The average Bonchev–Trinajstić information content (AvgIpc) is 3.28. The number of pyridine rings is 1. The minimum absolute atomic E-state index is 0.0462. The van der Waals surface area contributed by atoms with Crippen LogP contribution in [0.4, 0.5) is 0 Å². The minimum atomic E-state index is 0.0462. The van der Waals surface area contributed by atoms with Crippen molar-refractivity contribution in [3.05, 3.63) is 47.6 Å². The van der Waals surface area contributed by atoms with Crippen molar-refractivity contribution in [2.75, 3.05) is 26.3 Å². The van der Waals surface area contributed by atoms with Crippen LogP contribution in [0.15, 0.2) is 35.0 Å². The molecule has 2 saturated heterocycles. The monoisotopic (exact) mass is 371 g/mol. The highest BCUT2D eigenvalue weighted by Crippen LogP contribution is 2.42. The highest BCUT2D eigenvalue weighted by atomic mass is 16.5. The number of piperidine rings is 1. The standard InChI is InChI=1S/C21H29N3O3/c1-17-14-20(23-27-17)15-24-10-7-21(8-11-24)18(6-13-26-21)5-12-25-16-19-4-2-3-9-22-19/h2-4,9,14,18H,5-8,10-13,15-16H2,1H3/t18-/m0/s1. The highest BCUT2D eigenvalue weighted by Gasteiger charge is 2.45. The summed E-state index contributed by atoms with van der Waals surface area (Å²) >= 11 is 0. The Kier molecular flexibility index (Phi) is 5.86. The summed E-state index contributed by atoms with van der Waals surface area (Å²) < 4.78 is 17.3. The van der Waals surface area contributed by atoms with Crippen molar-refractivity contribution < 1.29 is 14.0 Å². The van der Waals surface area contributed by atoms with Crippen molar-refractivity contribution in [3.8, 4) is 0 Å². The Hall–Kier alpha value is -1.76. The molecule has 4 rings (SSSR count). The van der Waals surface area contributed by atoms with Gasteiger partial charge in [0.05, 0.1) is 23.6 Å². The van der Waals surface area contributed by atoms with Crippen molar-refractivity contribution >= 4 is 0 Å². The minimum Gasteiger partial charge on any atom is -0.375 e. The van der Waals surface area contributed by atoms with E-state index in [-0.39, 0.29) is 5.60 Å². The molecule has 4 heterocycles. The van der Waals surface area contributed by atoms with Gasteiger partial charge < -0.3 is 14.0 Å². The van der Waals surface area contributed by atoms with Gasteiger partial charge in [0.15, 0.2) is 0 Å². The molecule has 0 N–H and O–H groups in total. The zero-order chi connectivity index (χ0) is 18.5. The molecule has 0 saturated carbocycles. The van der Waals surface area contributed by atoms with Crippen LogP contribution in [-0.2, 0) is 22.6 Å². The Labute approximate surface area is 160 Å². The number of nitrogens with zero attached hydrogens (tertiary/aromatic N) is 3. The molecule has 0 amide bonds. The van der Waals surface area contributed by atoms with Crippen LogP contribution in [0.5, 0.6) is 0 Å². The molecular formula is C21H29N3O3. The van der Waals surface area contributed by atoms with Crippen molar-refractivity contribution in [1.29, 1.82) is 0 Å². The fraction of sp³-hybridized carbons (Fsp3) is 0.619. The molecule has 2 aliphatic heterocycles. The van der Waals surface area contributed by atoms with Crippen LogP contribution >= 0.6 is 0 Å². The van der Waals surface area contributed by atoms with E-state index in [1.54, 1.807) is 0 Å². The van der Waals surface area contributed by atoms with Crippen LogP contribution in [0, 0.1) is 12.8 Å². The molecule has 2 fully saturated rings. The molecule has 2 aromatic heterocycles. The summed E-state index contributed by atoms with van der Waals surface area (Å²) in [4.78, 5) is 6.77. The van der Waals surface area contributed by atoms with Gasteiger partial charge >= 0.3 is 0 Å². The van der Waals surface area contributed by atoms with E-state index in [4.69, 9.17) is 14.0 Å². The van der Waals surface area contributed by atoms with Crippen molar-refractivity contribution in [1.82, 2.24) is 15.0 Å². The third-order valence-corrected chi connectivity index (χ3v) is 5.95. The van der Waals surface area contributed by atoms with Gasteiger partial charge in [-0.15, -0.1) is 0 Å². The molecule has 6 nitrogen and oxygen atoms in total. The van der Waals surface area contributed by atoms with Gasteiger partial charge in [0.2, 0.25) is 0 Å². The Morgan fingerprint density at radius 1 is 1.26 bits per heavy atom. The van der Waals surface area contributed by atoms with Gasteiger partial charge in [0.25, 0.3) is 0 Å². The number of aromatic nitrogens is 2. The molecule has 1 spiro atoms. The van der Waals surface area contributed by atoms with E-state index in [1.807, 2.05) is 37.4 Å². The summed E-state index contributed by atoms with van der Waals surface area (Å²) in [5.41, 5.74) is 2.06. The molecule has 2 aromatic rings. The first-order chi connectivity index (χ1) is 13.2. The lowest BCUT2D eigenvalue weighted by Gasteiger charge is -2.42. The van der Waals surface area contributed by atoms with Gasteiger partial charge in [-0.3, -0.25) is 9.88 Å². The predicted molar refractivity (Wildman–Crippen MR) is 101 cm³/mol. The average molecular weight is 371 g/mol. The van der Waals surface area contributed by atoms with Gasteiger partial charge in [0, 0.05) is 45.1 Å². The summed E-state index contributed by atoms with van der Waals surface area (Å²) in [6, 6.07) is 7.96. The molecule has 0 unspecified atom stereocenters. The number of aryl methyl sites for hydroxylation is 1.